The van der Waals surface area contributed by atoms with E-state index in [1.165, 1.54) is 4.90 Å². The summed E-state index contributed by atoms with van der Waals surface area (Å²) < 4.78 is 5.11. The summed E-state index contributed by atoms with van der Waals surface area (Å²) in [5.41, 5.74) is 0.0570. The lowest BCUT2D eigenvalue weighted by atomic mass is 9.77. The Morgan fingerprint density at radius 3 is 2.64 bits per heavy atom. The number of benzene rings is 1. The van der Waals surface area contributed by atoms with E-state index in [2.05, 4.69) is 6.58 Å². The van der Waals surface area contributed by atoms with E-state index in [0.29, 0.717) is 6.42 Å². The van der Waals surface area contributed by atoms with E-state index in [0.717, 1.165) is 5.56 Å². The van der Waals surface area contributed by atoms with Crippen molar-refractivity contribution in [2.75, 3.05) is 6.61 Å². The Balaban J connectivity index is 2.42. The van der Waals surface area contributed by atoms with Crippen molar-refractivity contribution in [1.82, 2.24) is 4.90 Å². The minimum absolute atomic E-state index is 0.152. The highest BCUT2D eigenvalue weighted by Gasteiger charge is 2.47. The predicted octanol–water partition coefficient (Wildman–Crippen LogP) is 3.52. The van der Waals surface area contributed by atoms with Crippen LogP contribution in [-0.4, -0.2) is 29.5 Å². The van der Waals surface area contributed by atoms with E-state index in [1.807, 2.05) is 51.1 Å². The summed E-state index contributed by atoms with van der Waals surface area (Å²) in [5.74, 6) is -0.0704. The van der Waals surface area contributed by atoms with Crippen LogP contribution in [0, 0.1) is 5.92 Å². The number of hydrogen-bond donors (Lipinski definition) is 0. The van der Waals surface area contributed by atoms with Gasteiger partial charge in [0.2, 0.25) is 5.91 Å². The number of ether oxygens (including phenoxy) is 1. The number of carbonyl (C=O) groups excluding carboxylic acids is 2. The molecule has 2 amide bonds. The van der Waals surface area contributed by atoms with Crippen LogP contribution in [0.15, 0.2) is 43.0 Å². The monoisotopic (exact) mass is 301 g/mol. The van der Waals surface area contributed by atoms with Gasteiger partial charge in [-0.15, -0.1) is 6.58 Å². The van der Waals surface area contributed by atoms with Crippen LogP contribution >= 0.6 is 0 Å². The van der Waals surface area contributed by atoms with Crippen LogP contribution in [0.25, 0.3) is 0 Å². The van der Waals surface area contributed by atoms with Crippen molar-refractivity contribution >= 4 is 12.0 Å². The molecule has 4 nitrogen and oxygen atoms in total. The SMILES string of the molecule is C=CC[C@@](C)(C(=O)N1C(=O)OC[C@@H]1C(C)C)c1ccccc1. The molecular weight excluding hydrogens is 278 g/mol. The quantitative estimate of drug-likeness (QED) is 0.782. The number of amides is 2. The Morgan fingerprint density at radius 1 is 1.45 bits per heavy atom. The number of imide groups is 1. The average molecular weight is 301 g/mol. The molecule has 0 unspecified atom stereocenters. The molecule has 2 rings (SSSR count). The van der Waals surface area contributed by atoms with Crippen LogP contribution in [0.4, 0.5) is 4.79 Å². The van der Waals surface area contributed by atoms with E-state index in [4.69, 9.17) is 4.74 Å². The van der Waals surface area contributed by atoms with Crippen molar-refractivity contribution in [3.8, 4) is 0 Å². The Morgan fingerprint density at radius 2 is 2.09 bits per heavy atom. The second kappa shape index (κ2) is 6.34. The van der Waals surface area contributed by atoms with Gasteiger partial charge in [0.05, 0.1) is 11.5 Å². The second-order valence-corrected chi connectivity index (χ2v) is 6.25. The lowest BCUT2D eigenvalue weighted by Gasteiger charge is -2.33. The number of cyclic esters (lactones) is 1. The van der Waals surface area contributed by atoms with Gasteiger partial charge in [-0.25, -0.2) is 9.69 Å². The summed E-state index contributed by atoms with van der Waals surface area (Å²) in [5, 5.41) is 0. The molecule has 0 bridgehead atoms. The molecule has 1 heterocycles. The lowest BCUT2D eigenvalue weighted by molar-refractivity contribution is -0.135. The van der Waals surface area contributed by atoms with Crippen molar-refractivity contribution < 1.29 is 14.3 Å². The van der Waals surface area contributed by atoms with Gasteiger partial charge in [0, 0.05) is 0 Å². The number of nitrogens with zero attached hydrogens (tertiary/aromatic N) is 1. The second-order valence-electron chi connectivity index (χ2n) is 6.25. The van der Waals surface area contributed by atoms with Crippen molar-refractivity contribution in [2.45, 2.75) is 38.6 Å². The number of allylic oxidation sites excluding steroid dienone is 1. The summed E-state index contributed by atoms with van der Waals surface area (Å²) in [6.07, 6.45) is 1.64. The molecular formula is C18H23NO3. The van der Waals surface area contributed by atoms with Crippen molar-refractivity contribution in [3.63, 3.8) is 0 Å². The minimum Gasteiger partial charge on any atom is -0.447 e. The highest BCUT2D eigenvalue weighted by molar-refractivity contribution is 5.99. The van der Waals surface area contributed by atoms with Crippen LogP contribution in [0.1, 0.15) is 32.8 Å². The molecule has 0 saturated carbocycles. The number of rotatable bonds is 5. The largest absolute Gasteiger partial charge is 0.447 e. The Kier molecular flexibility index (Phi) is 4.69. The first-order chi connectivity index (χ1) is 10.4. The first kappa shape index (κ1) is 16.3. The molecule has 0 aliphatic carbocycles. The summed E-state index contributed by atoms with van der Waals surface area (Å²) in [4.78, 5) is 26.5. The molecule has 1 aromatic carbocycles. The molecule has 22 heavy (non-hydrogen) atoms. The van der Waals surface area contributed by atoms with Gasteiger partial charge in [-0.2, -0.15) is 0 Å². The Bertz CT molecular complexity index is 567. The zero-order chi connectivity index (χ0) is 16.3. The van der Waals surface area contributed by atoms with Crippen LogP contribution in [0.2, 0.25) is 0 Å². The lowest BCUT2D eigenvalue weighted by Crippen LogP contribution is -2.50. The molecule has 0 N–H and O–H groups in total. The van der Waals surface area contributed by atoms with E-state index in [-0.39, 0.29) is 24.5 Å². The zero-order valence-corrected chi connectivity index (χ0v) is 13.4. The summed E-state index contributed by atoms with van der Waals surface area (Å²) >= 11 is 0. The highest BCUT2D eigenvalue weighted by atomic mass is 16.6. The normalized spacial score (nSPS) is 20.6. The molecule has 1 aliphatic rings. The molecule has 1 aliphatic heterocycles. The maximum Gasteiger partial charge on any atom is 0.417 e. The third-order valence-electron chi connectivity index (χ3n) is 4.33. The third-order valence-corrected chi connectivity index (χ3v) is 4.33. The van der Waals surface area contributed by atoms with E-state index < -0.39 is 11.5 Å². The van der Waals surface area contributed by atoms with Crippen LogP contribution in [-0.2, 0) is 14.9 Å². The third kappa shape index (κ3) is 2.78. The topological polar surface area (TPSA) is 46.6 Å². The van der Waals surface area contributed by atoms with Gasteiger partial charge in [-0.1, -0.05) is 50.3 Å². The van der Waals surface area contributed by atoms with Gasteiger partial charge in [0.15, 0.2) is 0 Å². The van der Waals surface area contributed by atoms with E-state index >= 15 is 0 Å². The average Bonchev–Trinajstić information content (AvgIpc) is 2.89. The summed E-state index contributed by atoms with van der Waals surface area (Å²) in [6.45, 7) is 9.86. The Hall–Kier alpha value is -2.10. The maximum atomic E-state index is 13.2. The number of hydrogen-bond acceptors (Lipinski definition) is 3. The fourth-order valence-electron chi connectivity index (χ4n) is 2.85. The molecule has 2 atom stereocenters. The standard InChI is InChI=1S/C18H23NO3/c1-5-11-18(4,14-9-7-6-8-10-14)16(20)19-15(13(2)3)12-22-17(19)21/h5-10,13,15H,1,11-12H2,2-4H3/t15-,18-/m1/s1. The molecule has 4 heteroatoms. The zero-order valence-electron chi connectivity index (χ0n) is 13.4. The molecule has 118 valence electrons. The summed E-state index contributed by atoms with van der Waals surface area (Å²) in [6, 6.07) is 9.30. The van der Waals surface area contributed by atoms with Gasteiger partial charge >= 0.3 is 6.09 Å². The maximum absolute atomic E-state index is 13.2. The van der Waals surface area contributed by atoms with E-state index in [9.17, 15) is 9.59 Å². The molecule has 1 fully saturated rings. The van der Waals surface area contributed by atoms with E-state index in [1.54, 1.807) is 6.08 Å². The summed E-state index contributed by atoms with van der Waals surface area (Å²) in [7, 11) is 0. The smallest absolute Gasteiger partial charge is 0.417 e. The molecule has 0 spiro atoms. The van der Waals surface area contributed by atoms with Gasteiger partial charge in [-0.3, -0.25) is 4.79 Å². The predicted molar refractivity (Wildman–Crippen MR) is 85.4 cm³/mol. The van der Waals surface area contributed by atoms with Gasteiger partial charge in [0.1, 0.15) is 6.61 Å². The molecule has 1 aromatic rings. The molecule has 1 saturated heterocycles. The minimum atomic E-state index is -0.820. The fourth-order valence-corrected chi connectivity index (χ4v) is 2.85. The van der Waals surface area contributed by atoms with Crippen LogP contribution in [0.5, 0.6) is 0 Å². The fraction of sp³-hybridized carbons (Fsp3) is 0.444. The Labute approximate surface area is 131 Å². The number of carbonyl (C=O) groups is 2. The van der Waals surface area contributed by atoms with Crippen molar-refractivity contribution in [2.24, 2.45) is 5.92 Å². The first-order valence-corrected chi connectivity index (χ1v) is 7.58. The molecule has 0 aromatic heterocycles. The van der Waals surface area contributed by atoms with Crippen LogP contribution in [0.3, 0.4) is 0 Å². The van der Waals surface area contributed by atoms with Gasteiger partial charge in [-0.05, 0) is 24.8 Å². The van der Waals surface area contributed by atoms with Gasteiger partial charge in [0.25, 0.3) is 0 Å². The molecule has 0 radical (unpaired) electrons. The van der Waals surface area contributed by atoms with Crippen LogP contribution < -0.4 is 0 Å². The first-order valence-electron chi connectivity index (χ1n) is 7.58. The van der Waals surface area contributed by atoms with Crippen molar-refractivity contribution in [1.29, 1.82) is 0 Å². The highest BCUT2D eigenvalue weighted by Crippen LogP contribution is 2.33. The van der Waals surface area contributed by atoms with Gasteiger partial charge < -0.3 is 4.74 Å². The van der Waals surface area contributed by atoms with Crippen molar-refractivity contribution in [3.05, 3.63) is 48.6 Å².